The number of thiazole rings is 1. The molecule has 1 fully saturated rings. The molecule has 2 N–H and O–H groups in total. The maximum atomic E-state index is 12.2. The Hall–Kier alpha value is -1.80. The summed E-state index contributed by atoms with van der Waals surface area (Å²) in [6.45, 7) is 2.00. The third-order valence-corrected chi connectivity index (χ3v) is 5.13. The van der Waals surface area contributed by atoms with Gasteiger partial charge in [-0.2, -0.15) is 0 Å². The van der Waals surface area contributed by atoms with Crippen LogP contribution in [0, 0.1) is 6.92 Å². The van der Waals surface area contributed by atoms with Gasteiger partial charge in [0.2, 0.25) is 0 Å². The van der Waals surface area contributed by atoms with Crippen LogP contribution in [-0.2, 0) is 4.79 Å². The monoisotopic (exact) mass is 323 g/mol. The molecule has 1 saturated heterocycles. The van der Waals surface area contributed by atoms with Gasteiger partial charge in [-0.15, -0.1) is 11.8 Å². The number of carbonyl (C=O) groups is 2. The van der Waals surface area contributed by atoms with Crippen molar-refractivity contribution in [1.29, 1.82) is 0 Å². The number of hydrogen-bond acceptors (Lipinski definition) is 5. The van der Waals surface area contributed by atoms with Crippen molar-refractivity contribution in [2.75, 3.05) is 16.9 Å². The van der Waals surface area contributed by atoms with Crippen molar-refractivity contribution in [2.45, 2.75) is 13.0 Å². The fraction of sp³-hybridized carbons (Fsp3) is 0.308. The van der Waals surface area contributed by atoms with Gasteiger partial charge in [0.25, 0.3) is 0 Å². The highest BCUT2D eigenvalue weighted by Crippen LogP contribution is 2.28. The van der Waals surface area contributed by atoms with Crippen molar-refractivity contribution >= 4 is 50.4 Å². The summed E-state index contributed by atoms with van der Waals surface area (Å²) >= 11 is 2.82. The van der Waals surface area contributed by atoms with E-state index in [4.69, 9.17) is 5.11 Å². The van der Waals surface area contributed by atoms with E-state index in [1.165, 1.54) is 28.0 Å². The molecule has 0 unspecified atom stereocenters. The zero-order valence-electron chi connectivity index (χ0n) is 11.2. The standard InChI is InChI=1S/C13H13N3O3S2/c1-7-2-3-8-10(4-7)21-12(14-8)15-13(19)16-6-20-5-9(16)11(17)18/h2-4,9H,5-6H2,1H3,(H,17,18)(H,14,15,19)/t9-/m0/s1. The number of benzene rings is 1. The van der Waals surface area contributed by atoms with Gasteiger partial charge in [-0.1, -0.05) is 17.4 Å². The Labute approximate surface area is 129 Å². The Morgan fingerprint density at radius 3 is 3.05 bits per heavy atom. The Kier molecular flexibility index (Phi) is 3.73. The quantitative estimate of drug-likeness (QED) is 0.887. The average Bonchev–Trinajstić information content (AvgIpc) is 3.03. The number of thioether (sulfide) groups is 1. The lowest BCUT2D eigenvalue weighted by molar-refractivity contribution is -0.140. The molecule has 1 aromatic carbocycles. The number of aromatic nitrogens is 1. The van der Waals surface area contributed by atoms with Gasteiger partial charge in [-0.25, -0.2) is 14.6 Å². The highest BCUT2D eigenvalue weighted by atomic mass is 32.2. The molecule has 21 heavy (non-hydrogen) atoms. The van der Waals surface area contributed by atoms with Gasteiger partial charge in [-0.05, 0) is 24.6 Å². The van der Waals surface area contributed by atoms with E-state index in [1.54, 1.807) is 0 Å². The number of carboxylic acids is 1. The molecular weight excluding hydrogens is 310 g/mol. The molecule has 1 aliphatic rings. The molecule has 0 radical (unpaired) electrons. The van der Waals surface area contributed by atoms with E-state index in [-0.39, 0.29) is 0 Å². The average molecular weight is 323 g/mol. The van der Waals surface area contributed by atoms with Crippen LogP contribution in [0.5, 0.6) is 0 Å². The summed E-state index contributed by atoms with van der Waals surface area (Å²) in [5.41, 5.74) is 1.96. The summed E-state index contributed by atoms with van der Waals surface area (Å²) in [4.78, 5) is 28.9. The third kappa shape index (κ3) is 2.81. The Bertz CT molecular complexity index is 716. The Morgan fingerprint density at radius 2 is 2.29 bits per heavy atom. The van der Waals surface area contributed by atoms with Crippen LogP contribution >= 0.6 is 23.1 Å². The molecule has 1 atom stereocenters. The zero-order valence-corrected chi connectivity index (χ0v) is 12.8. The van der Waals surface area contributed by atoms with Crippen molar-refractivity contribution in [3.05, 3.63) is 23.8 Å². The Morgan fingerprint density at radius 1 is 1.48 bits per heavy atom. The van der Waals surface area contributed by atoms with Crippen LogP contribution in [0.15, 0.2) is 18.2 Å². The third-order valence-electron chi connectivity index (χ3n) is 3.19. The number of amides is 2. The minimum Gasteiger partial charge on any atom is -0.480 e. The molecule has 2 heterocycles. The second-order valence-corrected chi connectivity index (χ2v) is 6.77. The summed E-state index contributed by atoms with van der Waals surface area (Å²) in [7, 11) is 0. The van der Waals surface area contributed by atoms with Gasteiger partial charge >= 0.3 is 12.0 Å². The first-order chi connectivity index (χ1) is 10.0. The van der Waals surface area contributed by atoms with Crippen LogP contribution in [-0.4, -0.2) is 44.7 Å². The number of nitrogens with zero attached hydrogens (tertiary/aromatic N) is 2. The maximum absolute atomic E-state index is 12.2. The minimum atomic E-state index is -0.977. The van der Waals surface area contributed by atoms with Crippen molar-refractivity contribution in [3.63, 3.8) is 0 Å². The molecule has 0 spiro atoms. The summed E-state index contributed by atoms with van der Waals surface area (Å²) in [5, 5.41) is 12.3. The van der Waals surface area contributed by atoms with Gasteiger partial charge in [0.15, 0.2) is 5.13 Å². The molecular formula is C13H13N3O3S2. The maximum Gasteiger partial charge on any atom is 0.327 e. The number of fused-ring (bicyclic) bond motifs is 1. The highest BCUT2D eigenvalue weighted by Gasteiger charge is 2.34. The Balaban J connectivity index is 1.78. The number of urea groups is 1. The lowest BCUT2D eigenvalue weighted by Crippen LogP contribution is -2.43. The number of anilines is 1. The van der Waals surface area contributed by atoms with E-state index in [0.29, 0.717) is 16.8 Å². The molecule has 0 aliphatic carbocycles. The first kappa shape index (κ1) is 14.2. The van der Waals surface area contributed by atoms with Gasteiger partial charge in [0.1, 0.15) is 6.04 Å². The predicted octanol–water partition coefficient (Wildman–Crippen LogP) is 2.60. The molecule has 1 aliphatic heterocycles. The normalized spacial score (nSPS) is 18.1. The van der Waals surface area contributed by atoms with Crippen LogP contribution in [0.2, 0.25) is 0 Å². The number of carboxylic acid groups (broad SMARTS) is 1. The zero-order chi connectivity index (χ0) is 15.0. The molecule has 2 amide bonds. The van der Waals surface area contributed by atoms with Crippen molar-refractivity contribution in [2.24, 2.45) is 0 Å². The van der Waals surface area contributed by atoms with Crippen LogP contribution < -0.4 is 5.32 Å². The van der Waals surface area contributed by atoms with Crippen molar-refractivity contribution < 1.29 is 14.7 Å². The lowest BCUT2D eigenvalue weighted by Gasteiger charge is -2.19. The van der Waals surface area contributed by atoms with Crippen molar-refractivity contribution in [3.8, 4) is 0 Å². The van der Waals surface area contributed by atoms with Crippen LogP contribution in [0.1, 0.15) is 5.56 Å². The number of aryl methyl sites for hydroxylation is 1. The van der Waals surface area contributed by atoms with E-state index in [0.717, 1.165) is 15.8 Å². The van der Waals surface area contributed by atoms with Crippen LogP contribution in [0.25, 0.3) is 10.2 Å². The summed E-state index contributed by atoms with van der Waals surface area (Å²) in [6.07, 6.45) is 0. The van der Waals surface area contributed by atoms with Gasteiger partial charge in [-0.3, -0.25) is 5.32 Å². The molecule has 6 nitrogen and oxygen atoms in total. The van der Waals surface area contributed by atoms with E-state index in [9.17, 15) is 9.59 Å². The summed E-state index contributed by atoms with van der Waals surface area (Å²) in [6, 6.07) is 4.69. The predicted molar refractivity (Wildman–Crippen MR) is 84.0 cm³/mol. The SMILES string of the molecule is Cc1ccc2nc(NC(=O)N3CSC[C@H]3C(=O)O)sc2c1. The lowest BCUT2D eigenvalue weighted by atomic mass is 10.2. The van der Waals surface area contributed by atoms with Crippen molar-refractivity contribution in [1.82, 2.24) is 9.88 Å². The second kappa shape index (κ2) is 5.53. The summed E-state index contributed by atoms with van der Waals surface area (Å²) in [5.74, 6) is -0.177. The van der Waals surface area contributed by atoms with E-state index in [2.05, 4.69) is 10.3 Å². The fourth-order valence-corrected chi connectivity index (χ4v) is 4.19. The van der Waals surface area contributed by atoms with Gasteiger partial charge in [0, 0.05) is 5.75 Å². The van der Waals surface area contributed by atoms with E-state index >= 15 is 0 Å². The molecule has 1 aromatic heterocycles. The smallest absolute Gasteiger partial charge is 0.327 e. The van der Waals surface area contributed by atoms with Crippen LogP contribution in [0.4, 0.5) is 9.93 Å². The molecule has 2 aromatic rings. The van der Waals surface area contributed by atoms with Crippen LogP contribution in [0.3, 0.4) is 0 Å². The first-order valence-electron chi connectivity index (χ1n) is 6.30. The number of carbonyl (C=O) groups excluding carboxylic acids is 1. The number of hydrogen-bond donors (Lipinski definition) is 2. The molecule has 0 bridgehead atoms. The largest absolute Gasteiger partial charge is 0.480 e. The van der Waals surface area contributed by atoms with E-state index in [1.807, 2.05) is 25.1 Å². The molecule has 0 saturated carbocycles. The number of aliphatic carboxylic acids is 1. The van der Waals surface area contributed by atoms with Gasteiger partial charge < -0.3 is 10.0 Å². The van der Waals surface area contributed by atoms with Gasteiger partial charge in [0.05, 0.1) is 16.1 Å². The first-order valence-corrected chi connectivity index (χ1v) is 8.27. The molecule has 3 rings (SSSR count). The second-order valence-electron chi connectivity index (χ2n) is 4.74. The molecule has 110 valence electrons. The number of nitrogens with one attached hydrogen (secondary N) is 1. The summed E-state index contributed by atoms with van der Waals surface area (Å²) < 4.78 is 0.996. The molecule has 8 heteroatoms. The highest BCUT2D eigenvalue weighted by molar-refractivity contribution is 7.99. The number of rotatable bonds is 2. The topological polar surface area (TPSA) is 82.5 Å². The minimum absolute atomic E-state index is 0.382. The van der Waals surface area contributed by atoms with E-state index < -0.39 is 18.0 Å². The fourth-order valence-electron chi connectivity index (χ4n) is 2.10.